The zero-order valence-electron chi connectivity index (χ0n) is 13.3. The van der Waals surface area contributed by atoms with Crippen LogP contribution in [0.25, 0.3) is 0 Å². The number of aliphatic hydroxyl groups is 1. The van der Waals surface area contributed by atoms with Gasteiger partial charge in [0.05, 0.1) is 12.6 Å². The predicted molar refractivity (Wildman–Crippen MR) is 87.7 cm³/mol. The summed E-state index contributed by atoms with van der Waals surface area (Å²) < 4.78 is 0. The number of nitrogens with one attached hydrogen (secondary N) is 1. The first-order valence-corrected chi connectivity index (χ1v) is 8.09. The Hall–Kier alpha value is -2.08. The van der Waals surface area contributed by atoms with Crippen LogP contribution in [0, 0.1) is 5.92 Å². The lowest BCUT2D eigenvalue weighted by Crippen LogP contribution is -2.46. The Labute approximate surface area is 136 Å². The number of nitrogens with zero attached hydrogens (tertiary/aromatic N) is 1. The van der Waals surface area contributed by atoms with Gasteiger partial charge in [-0.1, -0.05) is 30.3 Å². The van der Waals surface area contributed by atoms with Gasteiger partial charge < -0.3 is 21.1 Å². The summed E-state index contributed by atoms with van der Waals surface area (Å²) in [4.78, 5) is 24.2. The van der Waals surface area contributed by atoms with Crippen LogP contribution in [-0.2, 0) is 11.2 Å². The molecule has 1 aliphatic rings. The Bertz CT molecular complexity index is 513. The van der Waals surface area contributed by atoms with E-state index in [-0.39, 0.29) is 24.5 Å². The molecule has 6 nitrogen and oxygen atoms in total. The summed E-state index contributed by atoms with van der Waals surface area (Å²) in [6.45, 7) is 1.18. The first-order chi connectivity index (χ1) is 11.1. The summed E-state index contributed by atoms with van der Waals surface area (Å²) >= 11 is 0. The van der Waals surface area contributed by atoms with Gasteiger partial charge in [0, 0.05) is 13.1 Å². The Balaban J connectivity index is 1.71. The highest BCUT2D eigenvalue weighted by Gasteiger charge is 2.27. The highest BCUT2D eigenvalue weighted by molar-refractivity contribution is 5.83. The molecule has 4 N–H and O–H groups in total. The molecule has 1 atom stereocenters. The van der Waals surface area contributed by atoms with Crippen LogP contribution < -0.4 is 11.1 Å². The minimum absolute atomic E-state index is 0.0590. The third kappa shape index (κ3) is 5.56. The van der Waals surface area contributed by atoms with E-state index in [1.165, 1.54) is 5.56 Å². The molecule has 23 heavy (non-hydrogen) atoms. The minimum atomic E-state index is -0.690. The molecule has 1 fully saturated rings. The van der Waals surface area contributed by atoms with Crippen molar-refractivity contribution < 1.29 is 14.7 Å². The topological polar surface area (TPSA) is 95.7 Å². The lowest BCUT2D eigenvalue weighted by atomic mass is 9.88. The lowest BCUT2D eigenvalue weighted by molar-refractivity contribution is -0.132. The lowest BCUT2D eigenvalue weighted by Gasteiger charge is -2.34. The number of carbonyl (C=O) groups excluding carboxylic acids is 2. The van der Waals surface area contributed by atoms with E-state index in [9.17, 15) is 14.7 Å². The van der Waals surface area contributed by atoms with Gasteiger partial charge in [-0.05, 0) is 37.2 Å². The number of hydrogen-bond acceptors (Lipinski definition) is 3. The number of urea groups is 1. The highest BCUT2D eigenvalue weighted by atomic mass is 16.3. The van der Waals surface area contributed by atoms with Crippen LogP contribution >= 0.6 is 0 Å². The number of aliphatic hydroxyl groups excluding tert-OH is 1. The third-order valence-electron chi connectivity index (χ3n) is 4.42. The second-order valence-corrected chi connectivity index (χ2v) is 6.03. The smallest absolute Gasteiger partial charge is 0.312 e. The molecule has 0 bridgehead atoms. The van der Waals surface area contributed by atoms with Gasteiger partial charge in [-0.15, -0.1) is 0 Å². The Morgan fingerprint density at radius 1 is 1.26 bits per heavy atom. The van der Waals surface area contributed by atoms with Crippen molar-refractivity contribution in [2.45, 2.75) is 31.8 Å². The molecule has 0 aliphatic carbocycles. The minimum Gasteiger partial charge on any atom is -0.393 e. The van der Waals surface area contributed by atoms with Crippen molar-refractivity contribution in [3.05, 3.63) is 35.9 Å². The standard InChI is InChI=1S/C17H25N3O3/c18-17(23)19-12-16(22)20-10-8-14(9-11-20)15(21)7-6-13-4-2-1-3-5-13/h1-5,14-15,21H,6-12H2,(H3,18,19,23)/t15-/m1/s1. The van der Waals surface area contributed by atoms with E-state index in [2.05, 4.69) is 17.4 Å². The summed E-state index contributed by atoms with van der Waals surface area (Å²) in [6.07, 6.45) is 2.85. The maximum absolute atomic E-state index is 11.9. The second kappa shape index (κ2) is 8.53. The van der Waals surface area contributed by atoms with Crippen LogP contribution in [0.15, 0.2) is 30.3 Å². The largest absolute Gasteiger partial charge is 0.393 e. The number of piperidine rings is 1. The van der Waals surface area contributed by atoms with Crippen molar-refractivity contribution in [3.63, 3.8) is 0 Å². The van der Waals surface area contributed by atoms with Crippen molar-refractivity contribution >= 4 is 11.9 Å². The van der Waals surface area contributed by atoms with E-state index < -0.39 is 6.03 Å². The van der Waals surface area contributed by atoms with Crippen LogP contribution in [0.2, 0.25) is 0 Å². The number of aryl methyl sites for hydroxylation is 1. The Kier molecular flexibility index (Phi) is 6.40. The number of rotatable bonds is 6. The third-order valence-corrected chi connectivity index (χ3v) is 4.42. The van der Waals surface area contributed by atoms with Gasteiger partial charge in [0.25, 0.3) is 0 Å². The summed E-state index contributed by atoms with van der Waals surface area (Å²) in [5.74, 6) is 0.105. The first-order valence-electron chi connectivity index (χ1n) is 8.09. The second-order valence-electron chi connectivity index (χ2n) is 6.03. The zero-order valence-corrected chi connectivity index (χ0v) is 13.3. The molecule has 0 saturated carbocycles. The van der Waals surface area contributed by atoms with Crippen LogP contribution in [0.3, 0.4) is 0 Å². The average molecular weight is 319 g/mol. The van der Waals surface area contributed by atoms with Crippen LogP contribution in [-0.4, -0.2) is 47.7 Å². The number of amides is 3. The van der Waals surface area contributed by atoms with Crippen LogP contribution in [0.1, 0.15) is 24.8 Å². The van der Waals surface area contributed by atoms with E-state index in [1.807, 2.05) is 18.2 Å². The van der Waals surface area contributed by atoms with Gasteiger partial charge >= 0.3 is 6.03 Å². The van der Waals surface area contributed by atoms with E-state index >= 15 is 0 Å². The number of hydrogen-bond donors (Lipinski definition) is 3. The quantitative estimate of drug-likeness (QED) is 0.726. The summed E-state index contributed by atoms with van der Waals surface area (Å²) in [5.41, 5.74) is 6.19. The number of primary amides is 1. The molecular weight excluding hydrogens is 294 g/mol. The van der Waals surface area contributed by atoms with Gasteiger partial charge in [-0.25, -0.2) is 4.79 Å². The molecular formula is C17H25N3O3. The SMILES string of the molecule is NC(=O)NCC(=O)N1CCC([C@H](O)CCc2ccccc2)CC1. The van der Waals surface area contributed by atoms with Crippen LogP contribution in [0.5, 0.6) is 0 Å². The average Bonchev–Trinajstić information content (AvgIpc) is 2.58. The number of carbonyl (C=O) groups is 2. The molecule has 1 aromatic rings. The van der Waals surface area contributed by atoms with E-state index in [4.69, 9.17) is 5.73 Å². The highest BCUT2D eigenvalue weighted by Crippen LogP contribution is 2.23. The van der Waals surface area contributed by atoms with Crippen molar-refractivity contribution in [1.82, 2.24) is 10.2 Å². The molecule has 0 unspecified atom stereocenters. The summed E-state index contributed by atoms with van der Waals surface area (Å²) in [6, 6.07) is 9.45. The molecule has 1 saturated heterocycles. The molecule has 126 valence electrons. The van der Waals surface area contributed by atoms with Gasteiger partial charge in [0.2, 0.25) is 5.91 Å². The maximum Gasteiger partial charge on any atom is 0.312 e. The predicted octanol–water partition coefficient (Wildman–Crippen LogP) is 0.887. The normalized spacial score (nSPS) is 16.8. The number of likely N-dealkylation sites (tertiary alicyclic amines) is 1. The molecule has 1 aliphatic heterocycles. The Morgan fingerprint density at radius 2 is 1.91 bits per heavy atom. The molecule has 2 rings (SSSR count). The number of nitrogens with two attached hydrogens (primary N) is 1. The fraction of sp³-hybridized carbons (Fsp3) is 0.529. The van der Waals surface area contributed by atoms with Crippen molar-refractivity contribution in [2.24, 2.45) is 11.7 Å². The van der Waals surface area contributed by atoms with Gasteiger partial charge in [-0.2, -0.15) is 0 Å². The van der Waals surface area contributed by atoms with Crippen molar-refractivity contribution in [3.8, 4) is 0 Å². The first kappa shape index (κ1) is 17.3. The fourth-order valence-electron chi connectivity index (χ4n) is 3.00. The number of benzene rings is 1. The monoisotopic (exact) mass is 319 g/mol. The van der Waals surface area contributed by atoms with Gasteiger partial charge in [-0.3, -0.25) is 4.79 Å². The van der Waals surface area contributed by atoms with E-state index in [0.717, 1.165) is 25.7 Å². The van der Waals surface area contributed by atoms with Crippen molar-refractivity contribution in [2.75, 3.05) is 19.6 Å². The molecule has 0 aromatic heterocycles. The van der Waals surface area contributed by atoms with E-state index in [0.29, 0.717) is 13.1 Å². The summed E-state index contributed by atoms with van der Waals surface area (Å²) in [5, 5.41) is 12.7. The van der Waals surface area contributed by atoms with Gasteiger partial charge in [0.1, 0.15) is 0 Å². The molecule has 3 amide bonds. The fourth-order valence-corrected chi connectivity index (χ4v) is 3.00. The van der Waals surface area contributed by atoms with Crippen LogP contribution in [0.4, 0.5) is 4.79 Å². The summed E-state index contributed by atoms with van der Waals surface area (Å²) in [7, 11) is 0. The van der Waals surface area contributed by atoms with E-state index in [1.54, 1.807) is 4.90 Å². The zero-order chi connectivity index (χ0) is 16.7. The maximum atomic E-state index is 11.9. The van der Waals surface area contributed by atoms with Gasteiger partial charge in [0.15, 0.2) is 0 Å². The molecule has 0 radical (unpaired) electrons. The van der Waals surface area contributed by atoms with Crippen molar-refractivity contribution in [1.29, 1.82) is 0 Å². The molecule has 0 spiro atoms. The molecule has 6 heteroatoms. The molecule has 1 aromatic carbocycles. The Morgan fingerprint density at radius 3 is 2.52 bits per heavy atom. The molecule has 1 heterocycles.